The summed E-state index contributed by atoms with van der Waals surface area (Å²) in [5, 5.41) is 0. The highest BCUT2D eigenvalue weighted by Gasteiger charge is 2.33. The van der Waals surface area contributed by atoms with E-state index < -0.39 is 11.9 Å². The van der Waals surface area contributed by atoms with Gasteiger partial charge in [0.2, 0.25) is 0 Å². The lowest BCUT2D eigenvalue weighted by Gasteiger charge is -2.25. The van der Waals surface area contributed by atoms with Crippen LogP contribution in [0, 0.1) is 0 Å². The number of halogens is 3. The van der Waals surface area contributed by atoms with Gasteiger partial charge >= 0.3 is 6.18 Å². The first kappa shape index (κ1) is 12.1. The van der Waals surface area contributed by atoms with E-state index in [1.165, 1.54) is 0 Å². The SMILES string of the molecule is CN(c1cc(C(F)(F)F)ncn1)C1CCCC1. The van der Waals surface area contributed by atoms with Gasteiger partial charge in [0.1, 0.15) is 17.8 Å². The number of hydrogen-bond acceptors (Lipinski definition) is 3. The summed E-state index contributed by atoms with van der Waals surface area (Å²) < 4.78 is 37.5. The maximum absolute atomic E-state index is 12.5. The van der Waals surface area contributed by atoms with Crippen LogP contribution >= 0.6 is 0 Å². The molecule has 1 fully saturated rings. The molecule has 0 saturated heterocycles. The van der Waals surface area contributed by atoms with Gasteiger partial charge in [-0.15, -0.1) is 0 Å². The molecule has 3 nitrogen and oxygen atoms in total. The summed E-state index contributed by atoms with van der Waals surface area (Å²) >= 11 is 0. The van der Waals surface area contributed by atoms with E-state index in [1.807, 2.05) is 4.90 Å². The third-order valence-corrected chi connectivity index (χ3v) is 3.18. The normalized spacial score (nSPS) is 17.4. The number of rotatable bonds is 2. The van der Waals surface area contributed by atoms with Crippen molar-refractivity contribution in [1.82, 2.24) is 9.97 Å². The van der Waals surface area contributed by atoms with E-state index in [-0.39, 0.29) is 0 Å². The smallest absolute Gasteiger partial charge is 0.357 e. The molecule has 2 rings (SSSR count). The Morgan fingerprint density at radius 2 is 1.88 bits per heavy atom. The molecular formula is C11H14F3N3. The number of aromatic nitrogens is 2. The molecule has 0 aliphatic heterocycles. The zero-order valence-electron chi connectivity index (χ0n) is 9.54. The van der Waals surface area contributed by atoms with Crippen molar-refractivity contribution in [3.8, 4) is 0 Å². The van der Waals surface area contributed by atoms with E-state index in [9.17, 15) is 13.2 Å². The highest BCUT2D eigenvalue weighted by atomic mass is 19.4. The molecule has 0 atom stereocenters. The van der Waals surface area contributed by atoms with Crippen molar-refractivity contribution in [2.75, 3.05) is 11.9 Å². The molecule has 94 valence electrons. The van der Waals surface area contributed by atoms with E-state index in [2.05, 4.69) is 9.97 Å². The van der Waals surface area contributed by atoms with Crippen LogP contribution < -0.4 is 4.90 Å². The van der Waals surface area contributed by atoms with Crippen LogP contribution in [0.4, 0.5) is 19.0 Å². The third-order valence-electron chi connectivity index (χ3n) is 3.18. The molecule has 0 aromatic carbocycles. The first-order valence-corrected chi connectivity index (χ1v) is 5.60. The van der Waals surface area contributed by atoms with Gasteiger partial charge in [0, 0.05) is 19.2 Å². The van der Waals surface area contributed by atoms with Crippen molar-refractivity contribution >= 4 is 5.82 Å². The van der Waals surface area contributed by atoms with Gasteiger partial charge in [-0.1, -0.05) is 12.8 Å². The highest BCUT2D eigenvalue weighted by molar-refractivity contribution is 5.40. The Morgan fingerprint density at radius 3 is 2.47 bits per heavy atom. The van der Waals surface area contributed by atoms with Crippen LogP contribution in [-0.4, -0.2) is 23.1 Å². The summed E-state index contributed by atoms with van der Waals surface area (Å²) in [6.45, 7) is 0. The highest BCUT2D eigenvalue weighted by Crippen LogP contribution is 2.30. The van der Waals surface area contributed by atoms with Crippen molar-refractivity contribution in [1.29, 1.82) is 0 Å². The molecule has 1 aliphatic rings. The van der Waals surface area contributed by atoms with Crippen molar-refractivity contribution in [3.05, 3.63) is 18.1 Å². The standard InChI is InChI=1S/C11H14F3N3/c1-17(8-4-2-3-5-8)10-6-9(11(12,13)14)15-7-16-10/h6-8H,2-5H2,1H3. The predicted molar refractivity (Wildman–Crippen MR) is 57.7 cm³/mol. The molecule has 0 radical (unpaired) electrons. The Bertz CT molecular complexity index is 386. The second kappa shape index (κ2) is 4.50. The van der Waals surface area contributed by atoms with Gasteiger partial charge in [0.15, 0.2) is 0 Å². The summed E-state index contributed by atoms with van der Waals surface area (Å²) in [6.07, 6.45) is 0.861. The van der Waals surface area contributed by atoms with E-state index in [0.717, 1.165) is 38.1 Å². The van der Waals surface area contributed by atoms with Gasteiger partial charge in [-0.2, -0.15) is 13.2 Å². The Labute approximate surface area is 97.7 Å². The average Bonchev–Trinajstić information content (AvgIpc) is 2.80. The number of alkyl halides is 3. The monoisotopic (exact) mass is 245 g/mol. The van der Waals surface area contributed by atoms with Crippen LogP contribution in [0.5, 0.6) is 0 Å². The topological polar surface area (TPSA) is 29.0 Å². The Morgan fingerprint density at radius 1 is 1.24 bits per heavy atom. The molecule has 0 bridgehead atoms. The Kier molecular flexibility index (Phi) is 3.22. The molecule has 1 aliphatic carbocycles. The van der Waals surface area contributed by atoms with E-state index >= 15 is 0 Å². The van der Waals surface area contributed by atoms with Gasteiger partial charge in [0.05, 0.1) is 0 Å². The average molecular weight is 245 g/mol. The second-order valence-electron chi connectivity index (χ2n) is 4.31. The van der Waals surface area contributed by atoms with Crippen molar-refractivity contribution < 1.29 is 13.2 Å². The van der Waals surface area contributed by atoms with Crippen LogP contribution in [-0.2, 0) is 6.18 Å². The molecule has 17 heavy (non-hydrogen) atoms. The van der Waals surface area contributed by atoms with Crippen LogP contribution in [0.2, 0.25) is 0 Å². The largest absolute Gasteiger partial charge is 0.433 e. The van der Waals surface area contributed by atoms with E-state index in [1.54, 1.807) is 7.05 Å². The van der Waals surface area contributed by atoms with Crippen LogP contribution in [0.1, 0.15) is 31.4 Å². The lowest BCUT2D eigenvalue weighted by molar-refractivity contribution is -0.141. The van der Waals surface area contributed by atoms with Gasteiger partial charge in [-0.25, -0.2) is 9.97 Å². The molecule has 0 unspecified atom stereocenters. The molecule has 1 heterocycles. The van der Waals surface area contributed by atoms with Crippen LogP contribution in [0.3, 0.4) is 0 Å². The number of hydrogen-bond donors (Lipinski definition) is 0. The summed E-state index contributed by atoms with van der Waals surface area (Å²) in [6, 6.07) is 1.31. The molecule has 0 spiro atoms. The van der Waals surface area contributed by atoms with Gasteiger partial charge in [0.25, 0.3) is 0 Å². The van der Waals surface area contributed by atoms with E-state index in [4.69, 9.17) is 0 Å². The minimum Gasteiger partial charge on any atom is -0.357 e. The maximum atomic E-state index is 12.5. The minimum atomic E-state index is -4.41. The summed E-state index contributed by atoms with van der Waals surface area (Å²) in [4.78, 5) is 8.99. The summed E-state index contributed by atoms with van der Waals surface area (Å²) in [7, 11) is 1.79. The van der Waals surface area contributed by atoms with Crippen molar-refractivity contribution in [2.24, 2.45) is 0 Å². The van der Waals surface area contributed by atoms with Gasteiger partial charge < -0.3 is 4.90 Å². The Balaban J connectivity index is 2.20. The fraction of sp³-hybridized carbons (Fsp3) is 0.636. The zero-order valence-corrected chi connectivity index (χ0v) is 9.54. The summed E-state index contributed by atoms with van der Waals surface area (Å²) in [5.74, 6) is 0.347. The fourth-order valence-electron chi connectivity index (χ4n) is 2.17. The molecule has 1 aromatic heterocycles. The molecule has 1 saturated carbocycles. The number of anilines is 1. The van der Waals surface area contributed by atoms with Crippen molar-refractivity contribution in [2.45, 2.75) is 37.9 Å². The van der Waals surface area contributed by atoms with Gasteiger partial charge in [-0.05, 0) is 12.8 Å². The molecular weight excluding hydrogens is 231 g/mol. The predicted octanol–water partition coefficient (Wildman–Crippen LogP) is 2.87. The van der Waals surface area contributed by atoms with Gasteiger partial charge in [-0.3, -0.25) is 0 Å². The minimum absolute atomic E-state index is 0.297. The first-order valence-electron chi connectivity index (χ1n) is 5.60. The third kappa shape index (κ3) is 2.68. The van der Waals surface area contributed by atoms with E-state index in [0.29, 0.717) is 11.9 Å². The number of nitrogens with zero attached hydrogens (tertiary/aromatic N) is 3. The molecule has 1 aromatic rings. The lowest BCUT2D eigenvalue weighted by Crippen LogP contribution is -2.30. The fourth-order valence-corrected chi connectivity index (χ4v) is 2.17. The molecule has 0 amide bonds. The van der Waals surface area contributed by atoms with Crippen LogP contribution in [0.15, 0.2) is 12.4 Å². The zero-order chi connectivity index (χ0) is 12.5. The molecule has 0 N–H and O–H groups in total. The lowest BCUT2D eigenvalue weighted by atomic mass is 10.2. The van der Waals surface area contributed by atoms with Crippen LogP contribution in [0.25, 0.3) is 0 Å². The maximum Gasteiger partial charge on any atom is 0.433 e. The first-order chi connectivity index (χ1) is 7.98. The van der Waals surface area contributed by atoms with Crippen molar-refractivity contribution in [3.63, 3.8) is 0 Å². The quantitative estimate of drug-likeness (QED) is 0.802. The second-order valence-corrected chi connectivity index (χ2v) is 4.31. The molecule has 6 heteroatoms. The summed E-state index contributed by atoms with van der Waals surface area (Å²) in [5.41, 5.74) is -0.882. The Hall–Kier alpha value is -1.33.